The lowest BCUT2D eigenvalue weighted by molar-refractivity contribution is 0.0635. The number of methoxy groups -OCH3 is 1. The zero-order chi connectivity index (χ0) is 27.8. The number of carbonyl (C=O) groups excluding carboxylic acids is 1. The molecule has 0 saturated carbocycles. The number of benzene rings is 1. The summed E-state index contributed by atoms with van der Waals surface area (Å²) in [5.41, 5.74) is 3.40. The number of anilines is 1. The first-order valence-electron chi connectivity index (χ1n) is 13.5. The molecule has 2 aliphatic rings. The third-order valence-corrected chi connectivity index (χ3v) is 8.70. The van der Waals surface area contributed by atoms with Gasteiger partial charge in [0.05, 0.1) is 24.1 Å². The Morgan fingerprint density at radius 2 is 1.95 bits per heavy atom. The van der Waals surface area contributed by atoms with Gasteiger partial charge in [-0.3, -0.25) is 19.4 Å². The molecule has 1 aliphatic heterocycles. The van der Waals surface area contributed by atoms with Crippen LogP contribution in [-0.2, 0) is 16.4 Å². The van der Waals surface area contributed by atoms with E-state index < -0.39 is 10.0 Å². The van der Waals surface area contributed by atoms with E-state index in [-0.39, 0.29) is 10.8 Å². The number of rotatable bonds is 10. The van der Waals surface area contributed by atoms with Gasteiger partial charge in [0.25, 0.3) is 15.9 Å². The van der Waals surface area contributed by atoms with Crippen LogP contribution in [0.3, 0.4) is 0 Å². The number of piperazine rings is 1. The van der Waals surface area contributed by atoms with E-state index >= 15 is 0 Å². The number of nitrogens with one attached hydrogen (secondary N) is 1. The van der Waals surface area contributed by atoms with Gasteiger partial charge in [-0.05, 0) is 56.4 Å². The Morgan fingerprint density at radius 3 is 2.62 bits per heavy atom. The number of amides is 1. The van der Waals surface area contributed by atoms with Gasteiger partial charge in [-0.1, -0.05) is 42.9 Å². The summed E-state index contributed by atoms with van der Waals surface area (Å²) >= 11 is 0. The summed E-state index contributed by atoms with van der Waals surface area (Å²) in [7, 11) is -2.44. The summed E-state index contributed by atoms with van der Waals surface area (Å²) in [6.07, 6.45) is 13.8. The Balaban J connectivity index is 1.41. The minimum atomic E-state index is -3.93. The second-order valence-electron chi connectivity index (χ2n) is 9.68. The number of aromatic nitrogens is 1. The zero-order valence-corrected chi connectivity index (χ0v) is 23.8. The van der Waals surface area contributed by atoms with E-state index in [1.54, 1.807) is 43.5 Å². The second kappa shape index (κ2) is 13.1. The maximum atomic E-state index is 13.4. The molecule has 208 valence electrons. The highest BCUT2D eigenvalue weighted by molar-refractivity contribution is 8.01. The van der Waals surface area contributed by atoms with Crippen LogP contribution in [-0.4, -0.2) is 68.9 Å². The summed E-state index contributed by atoms with van der Waals surface area (Å²) in [4.78, 5) is 22.0. The molecule has 2 aromatic rings. The van der Waals surface area contributed by atoms with E-state index in [0.717, 1.165) is 44.5 Å². The highest BCUT2D eigenvalue weighted by Gasteiger charge is 2.26. The molecular formula is C30H38N4O4S. The van der Waals surface area contributed by atoms with Crippen LogP contribution in [0.4, 0.5) is 5.69 Å². The first kappa shape index (κ1) is 28.6. The van der Waals surface area contributed by atoms with Crippen molar-refractivity contribution >= 4 is 26.5 Å². The molecule has 0 atom stereocenters. The van der Waals surface area contributed by atoms with E-state index in [4.69, 9.17) is 4.74 Å². The zero-order valence-electron chi connectivity index (χ0n) is 23.0. The van der Waals surface area contributed by atoms with E-state index in [2.05, 4.69) is 32.8 Å². The fourth-order valence-electron chi connectivity index (χ4n) is 4.99. The molecule has 8 nitrogen and oxygen atoms in total. The van der Waals surface area contributed by atoms with Crippen LogP contribution in [0.25, 0.3) is 4.91 Å². The van der Waals surface area contributed by atoms with Gasteiger partial charge >= 0.3 is 0 Å². The van der Waals surface area contributed by atoms with Gasteiger partial charge in [0.15, 0.2) is 0 Å². The topological polar surface area (TPSA) is 91.8 Å². The average Bonchev–Trinajstić information content (AvgIpc) is 2.96. The Morgan fingerprint density at radius 1 is 1.15 bits per heavy atom. The first-order valence-corrected chi connectivity index (χ1v) is 15.0. The molecule has 0 unspecified atom stereocenters. The Kier molecular flexibility index (Phi) is 9.59. The second-order valence-corrected chi connectivity index (χ2v) is 11.3. The highest BCUT2D eigenvalue weighted by Crippen LogP contribution is 2.29. The molecule has 39 heavy (non-hydrogen) atoms. The van der Waals surface area contributed by atoms with Crippen molar-refractivity contribution < 1.29 is 17.9 Å². The van der Waals surface area contributed by atoms with Crippen LogP contribution in [0.2, 0.25) is 0 Å². The van der Waals surface area contributed by atoms with Gasteiger partial charge in [-0.15, -0.1) is 0 Å². The monoisotopic (exact) mass is 550 g/mol. The number of sulfonamides is 1. The molecule has 1 N–H and O–H groups in total. The third kappa shape index (κ3) is 6.96. The molecule has 1 aromatic carbocycles. The fourth-order valence-corrected chi connectivity index (χ4v) is 6.29. The first-order chi connectivity index (χ1) is 18.9. The van der Waals surface area contributed by atoms with Gasteiger partial charge in [0, 0.05) is 45.0 Å². The fraction of sp³-hybridized carbons (Fsp3) is 0.400. The van der Waals surface area contributed by atoms with Crippen LogP contribution in [0.5, 0.6) is 5.75 Å². The molecule has 2 heterocycles. The molecule has 1 amide bonds. The number of carbonyl (C=O) groups is 1. The number of nitrogens with zero attached hydrogens (tertiary/aromatic N) is 3. The molecule has 4 rings (SSSR count). The lowest BCUT2D eigenvalue weighted by Crippen LogP contribution is -2.48. The highest BCUT2D eigenvalue weighted by atomic mass is 32.2. The normalized spacial score (nSPS) is 16.6. The van der Waals surface area contributed by atoms with Crippen molar-refractivity contribution in [2.24, 2.45) is 0 Å². The predicted molar refractivity (Wildman–Crippen MR) is 156 cm³/mol. The van der Waals surface area contributed by atoms with Gasteiger partial charge in [0.1, 0.15) is 10.7 Å². The van der Waals surface area contributed by atoms with Crippen molar-refractivity contribution in [1.82, 2.24) is 14.8 Å². The third-order valence-electron chi connectivity index (χ3n) is 7.19. The van der Waals surface area contributed by atoms with E-state index in [9.17, 15) is 13.2 Å². The molecule has 0 radical (unpaired) electrons. The average molecular weight is 551 g/mol. The largest absolute Gasteiger partial charge is 0.496 e. The molecule has 0 spiro atoms. The van der Waals surface area contributed by atoms with E-state index in [1.165, 1.54) is 12.7 Å². The van der Waals surface area contributed by atoms with Crippen molar-refractivity contribution in [2.75, 3.05) is 44.6 Å². The quantitative estimate of drug-likeness (QED) is 0.453. The minimum absolute atomic E-state index is 0.104. The lowest BCUT2D eigenvalue weighted by atomic mass is 10.0. The predicted octanol–water partition coefficient (Wildman–Crippen LogP) is 4.88. The summed E-state index contributed by atoms with van der Waals surface area (Å²) < 4.78 is 34.8. The van der Waals surface area contributed by atoms with Crippen LogP contribution in [0.1, 0.15) is 54.7 Å². The smallest absolute Gasteiger partial charge is 0.263 e. The van der Waals surface area contributed by atoms with Crippen molar-refractivity contribution in [1.29, 1.82) is 0 Å². The van der Waals surface area contributed by atoms with E-state index in [1.807, 2.05) is 17.9 Å². The number of hydrogen-bond donors (Lipinski definition) is 1. The summed E-state index contributed by atoms with van der Waals surface area (Å²) in [6, 6.07) is 8.44. The summed E-state index contributed by atoms with van der Waals surface area (Å²) in [6.45, 7) is 7.54. The number of ether oxygens (including phenoxy) is 1. The number of allylic oxidation sites excluding steroid dienone is 4. The van der Waals surface area contributed by atoms with Gasteiger partial charge in [0.2, 0.25) is 0 Å². The van der Waals surface area contributed by atoms with Gasteiger partial charge < -0.3 is 9.64 Å². The summed E-state index contributed by atoms with van der Waals surface area (Å²) in [5, 5.41) is 0. The molecule has 0 bridgehead atoms. The number of hydrogen-bond acceptors (Lipinski definition) is 6. The van der Waals surface area contributed by atoms with Crippen LogP contribution in [0, 0.1) is 0 Å². The van der Waals surface area contributed by atoms with Gasteiger partial charge in [-0.2, -0.15) is 0 Å². The lowest BCUT2D eigenvalue weighted by Gasteiger charge is -2.35. The Labute approximate surface area is 232 Å². The van der Waals surface area contributed by atoms with Crippen molar-refractivity contribution in [3.8, 4) is 5.75 Å². The van der Waals surface area contributed by atoms with Crippen LogP contribution >= 0.6 is 0 Å². The standard InChI is InChI=1S/C30H38N4O4S/c1-4-24-12-9-16-31-29(24)28(5-2)39(36,37)32-25-13-14-26(27(22-25)38-3)30(35)34-20-18-33(19-21-34)17-15-23-10-7-6-8-11-23/h5,7,9-14,16,22,32H,4,6,8,15,17-21H2,1-3H3/b28-5+. The molecule has 9 heteroatoms. The van der Waals surface area contributed by atoms with E-state index in [0.29, 0.717) is 42.2 Å². The van der Waals surface area contributed by atoms with Crippen LogP contribution in [0.15, 0.2) is 66.4 Å². The molecule has 1 aromatic heterocycles. The van der Waals surface area contributed by atoms with Crippen molar-refractivity contribution in [3.05, 3.63) is 83.2 Å². The minimum Gasteiger partial charge on any atom is -0.496 e. The maximum absolute atomic E-state index is 13.4. The van der Waals surface area contributed by atoms with Crippen molar-refractivity contribution in [2.45, 2.75) is 39.5 Å². The SMILES string of the molecule is C/C=C(\c1ncccc1CC)S(=O)(=O)Nc1ccc(C(=O)N2CCN(CCC3=CCCC=C3)CC2)c(OC)c1. The number of pyridine rings is 1. The van der Waals surface area contributed by atoms with Crippen LogP contribution < -0.4 is 9.46 Å². The van der Waals surface area contributed by atoms with Crippen molar-refractivity contribution in [3.63, 3.8) is 0 Å². The maximum Gasteiger partial charge on any atom is 0.263 e. The Hall–Kier alpha value is -3.43. The van der Waals surface area contributed by atoms with Gasteiger partial charge in [-0.25, -0.2) is 8.42 Å². The molecule has 1 aliphatic carbocycles. The Bertz CT molecular complexity index is 1370. The number of aryl methyl sites for hydroxylation is 1. The summed E-state index contributed by atoms with van der Waals surface area (Å²) in [5.74, 6) is 0.210. The molecule has 1 saturated heterocycles. The molecule has 1 fully saturated rings. The molecular weight excluding hydrogens is 512 g/mol.